The van der Waals surface area contributed by atoms with Crippen molar-refractivity contribution in [1.82, 2.24) is 0 Å². The van der Waals surface area contributed by atoms with Crippen molar-refractivity contribution in [1.29, 1.82) is 0 Å². The molecule has 17 heavy (non-hydrogen) atoms. The van der Waals surface area contributed by atoms with E-state index in [0.717, 1.165) is 6.54 Å². The van der Waals surface area contributed by atoms with Gasteiger partial charge in [-0.2, -0.15) is 0 Å². The van der Waals surface area contributed by atoms with Crippen LogP contribution < -0.4 is 5.73 Å². The van der Waals surface area contributed by atoms with Gasteiger partial charge in [-0.05, 0) is 73.6 Å². The molecular weight excluding hydrogens is 206 g/mol. The second kappa shape index (κ2) is 4.45. The maximum Gasteiger partial charge on any atom is -0.00173 e. The normalized spacial score (nSPS) is 21.7. The fourth-order valence-electron chi connectivity index (χ4n) is 3.46. The molecule has 1 saturated carbocycles. The van der Waals surface area contributed by atoms with E-state index < -0.39 is 0 Å². The predicted octanol–water partition coefficient (Wildman–Crippen LogP) is 3.24. The van der Waals surface area contributed by atoms with Crippen molar-refractivity contribution in [3.8, 4) is 0 Å². The number of nitrogens with two attached hydrogens (primary N) is 1. The Morgan fingerprint density at radius 3 is 2.41 bits per heavy atom. The van der Waals surface area contributed by atoms with E-state index in [0.29, 0.717) is 5.41 Å². The Bertz CT molecular complexity index is 398. The second-order valence-corrected chi connectivity index (χ2v) is 6.04. The predicted molar refractivity (Wildman–Crippen MR) is 72.1 cm³/mol. The van der Waals surface area contributed by atoms with Gasteiger partial charge >= 0.3 is 0 Å². The topological polar surface area (TPSA) is 26.0 Å². The Hall–Kier alpha value is -0.820. The smallest absolute Gasteiger partial charge is 0.00173 e. The highest BCUT2D eigenvalue weighted by Gasteiger charge is 2.35. The number of rotatable bonds is 3. The van der Waals surface area contributed by atoms with Gasteiger partial charge in [0.2, 0.25) is 0 Å². The van der Waals surface area contributed by atoms with E-state index in [1.54, 1.807) is 11.1 Å². The number of aryl methyl sites for hydroxylation is 2. The molecule has 0 bridgehead atoms. The molecule has 0 saturated heterocycles. The first-order valence-corrected chi connectivity index (χ1v) is 7.12. The molecule has 1 fully saturated rings. The van der Waals surface area contributed by atoms with Crippen molar-refractivity contribution >= 4 is 0 Å². The first kappa shape index (κ1) is 11.3. The van der Waals surface area contributed by atoms with Crippen molar-refractivity contribution in [2.24, 2.45) is 11.1 Å². The summed E-state index contributed by atoms with van der Waals surface area (Å²) in [5.74, 6) is 0. The van der Waals surface area contributed by atoms with Gasteiger partial charge in [-0.3, -0.25) is 0 Å². The highest BCUT2D eigenvalue weighted by molar-refractivity contribution is 5.34. The summed E-state index contributed by atoms with van der Waals surface area (Å²) in [5, 5.41) is 0. The van der Waals surface area contributed by atoms with E-state index in [2.05, 4.69) is 18.2 Å². The lowest BCUT2D eigenvalue weighted by Gasteiger charge is -2.41. The quantitative estimate of drug-likeness (QED) is 0.846. The zero-order valence-corrected chi connectivity index (χ0v) is 10.7. The molecule has 0 radical (unpaired) electrons. The van der Waals surface area contributed by atoms with E-state index in [9.17, 15) is 0 Å². The number of benzene rings is 1. The van der Waals surface area contributed by atoms with Crippen LogP contribution in [0.3, 0.4) is 0 Å². The van der Waals surface area contributed by atoms with Gasteiger partial charge < -0.3 is 5.73 Å². The molecule has 1 aromatic carbocycles. The molecule has 1 heteroatoms. The summed E-state index contributed by atoms with van der Waals surface area (Å²) < 4.78 is 0. The SMILES string of the molecule is NCC1(Cc2ccc3c(c2)CCCC3)CCC1. The third-order valence-corrected chi connectivity index (χ3v) is 4.84. The van der Waals surface area contributed by atoms with Crippen LogP contribution in [-0.2, 0) is 19.3 Å². The Kier molecular flexibility index (Phi) is 2.96. The van der Waals surface area contributed by atoms with Crippen LogP contribution in [0.5, 0.6) is 0 Å². The molecule has 0 aromatic heterocycles. The number of hydrogen-bond acceptors (Lipinski definition) is 1. The van der Waals surface area contributed by atoms with Crippen molar-refractivity contribution in [2.45, 2.75) is 51.4 Å². The molecule has 1 aromatic rings. The average molecular weight is 229 g/mol. The summed E-state index contributed by atoms with van der Waals surface area (Å²) in [7, 11) is 0. The standard InChI is InChI=1S/C16H23N/c17-12-16(8-3-9-16)11-13-6-7-14-4-1-2-5-15(14)10-13/h6-7,10H,1-5,8-9,11-12,17H2. The summed E-state index contributed by atoms with van der Waals surface area (Å²) in [4.78, 5) is 0. The third-order valence-electron chi connectivity index (χ3n) is 4.84. The molecule has 2 aliphatic carbocycles. The monoisotopic (exact) mass is 229 g/mol. The van der Waals surface area contributed by atoms with E-state index in [1.165, 1.54) is 56.9 Å². The van der Waals surface area contributed by atoms with Crippen LogP contribution in [0.1, 0.15) is 48.8 Å². The van der Waals surface area contributed by atoms with Crippen molar-refractivity contribution in [2.75, 3.05) is 6.54 Å². The lowest BCUT2D eigenvalue weighted by Crippen LogP contribution is -2.39. The number of hydrogen-bond donors (Lipinski definition) is 1. The van der Waals surface area contributed by atoms with Gasteiger partial charge in [-0.15, -0.1) is 0 Å². The molecule has 0 aliphatic heterocycles. The van der Waals surface area contributed by atoms with E-state index in [4.69, 9.17) is 5.73 Å². The second-order valence-electron chi connectivity index (χ2n) is 6.04. The van der Waals surface area contributed by atoms with Crippen LogP contribution in [0.25, 0.3) is 0 Å². The third kappa shape index (κ3) is 2.13. The number of fused-ring (bicyclic) bond motifs is 1. The van der Waals surface area contributed by atoms with Crippen LogP contribution in [0, 0.1) is 5.41 Å². The van der Waals surface area contributed by atoms with Crippen LogP contribution in [0.2, 0.25) is 0 Å². The van der Waals surface area contributed by atoms with Gasteiger partial charge in [0.15, 0.2) is 0 Å². The van der Waals surface area contributed by atoms with Gasteiger partial charge in [0, 0.05) is 0 Å². The maximum atomic E-state index is 5.95. The van der Waals surface area contributed by atoms with Crippen LogP contribution >= 0.6 is 0 Å². The molecule has 0 amide bonds. The molecule has 0 heterocycles. The lowest BCUT2D eigenvalue weighted by molar-refractivity contribution is 0.145. The lowest BCUT2D eigenvalue weighted by atomic mass is 9.65. The average Bonchev–Trinajstić information content (AvgIpc) is 2.34. The Morgan fingerprint density at radius 1 is 1.00 bits per heavy atom. The Morgan fingerprint density at radius 2 is 1.76 bits per heavy atom. The summed E-state index contributed by atoms with van der Waals surface area (Å²) in [5.41, 5.74) is 11.1. The summed E-state index contributed by atoms with van der Waals surface area (Å²) in [6, 6.07) is 7.18. The van der Waals surface area contributed by atoms with Crippen molar-refractivity contribution < 1.29 is 0 Å². The molecule has 0 spiro atoms. The summed E-state index contributed by atoms with van der Waals surface area (Å²) >= 11 is 0. The zero-order valence-electron chi connectivity index (χ0n) is 10.7. The largest absolute Gasteiger partial charge is 0.330 e. The van der Waals surface area contributed by atoms with E-state index in [-0.39, 0.29) is 0 Å². The first-order chi connectivity index (χ1) is 8.31. The highest BCUT2D eigenvalue weighted by Crippen LogP contribution is 2.43. The zero-order chi connectivity index (χ0) is 11.7. The molecule has 92 valence electrons. The fourth-order valence-corrected chi connectivity index (χ4v) is 3.46. The van der Waals surface area contributed by atoms with E-state index >= 15 is 0 Å². The molecule has 3 rings (SSSR count). The minimum Gasteiger partial charge on any atom is -0.330 e. The minimum atomic E-state index is 0.447. The van der Waals surface area contributed by atoms with Crippen molar-refractivity contribution in [3.05, 3.63) is 34.9 Å². The maximum absolute atomic E-state index is 5.95. The minimum absolute atomic E-state index is 0.447. The van der Waals surface area contributed by atoms with Gasteiger partial charge in [0.25, 0.3) is 0 Å². The highest BCUT2D eigenvalue weighted by atomic mass is 14.6. The van der Waals surface area contributed by atoms with Crippen molar-refractivity contribution in [3.63, 3.8) is 0 Å². The molecule has 1 nitrogen and oxygen atoms in total. The van der Waals surface area contributed by atoms with Gasteiger partial charge in [0.1, 0.15) is 0 Å². The molecule has 2 aliphatic rings. The Labute approximate surface area is 104 Å². The Balaban J connectivity index is 1.79. The van der Waals surface area contributed by atoms with Gasteiger partial charge in [-0.1, -0.05) is 24.6 Å². The van der Waals surface area contributed by atoms with Gasteiger partial charge in [0.05, 0.1) is 0 Å². The molecule has 2 N–H and O–H groups in total. The first-order valence-electron chi connectivity index (χ1n) is 7.12. The fraction of sp³-hybridized carbons (Fsp3) is 0.625. The molecular formula is C16H23N. The van der Waals surface area contributed by atoms with Crippen LogP contribution in [-0.4, -0.2) is 6.54 Å². The van der Waals surface area contributed by atoms with E-state index in [1.807, 2.05) is 0 Å². The van der Waals surface area contributed by atoms with Crippen LogP contribution in [0.15, 0.2) is 18.2 Å². The van der Waals surface area contributed by atoms with Gasteiger partial charge in [-0.25, -0.2) is 0 Å². The van der Waals surface area contributed by atoms with Crippen LogP contribution in [0.4, 0.5) is 0 Å². The summed E-state index contributed by atoms with van der Waals surface area (Å²) in [6.45, 7) is 0.865. The molecule has 0 unspecified atom stereocenters. The molecule has 0 atom stereocenters. The summed E-state index contributed by atoms with van der Waals surface area (Å²) in [6.07, 6.45) is 10.6.